The number of halogens is 1. The van der Waals surface area contributed by atoms with Crippen LogP contribution in [0.4, 0.5) is 5.69 Å². The van der Waals surface area contributed by atoms with Crippen molar-refractivity contribution >= 4 is 34.9 Å². The van der Waals surface area contributed by atoms with Crippen molar-refractivity contribution < 1.29 is 14.7 Å². The lowest BCUT2D eigenvalue weighted by molar-refractivity contribution is -0.136. The van der Waals surface area contributed by atoms with Gasteiger partial charge in [-0.1, -0.05) is 74.0 Å². The molecule has 4 rings (SSSR count). The van der Waals surface area contributed by atoms with Crippen molar-refractivity contribution in [2.24, 2.45) is 4.99 Å². The third-order valence-corrected chi connectivity index (χ3v) is 5.00. The Bertz CT molecular complexity index is 869. The smallest absolute Gasteiger partial charge is 0.323 e. The quantitative estimate of drug-likeness (QED) is 0.823. The van der Waals surface area contributed by atoms with Crippen LogP contribution in [0.3, 0.4) is 0 Å². The SMILES string of the molecule is C1CCCC1.O=C(O)CN1C(=O)CN=C(c2ccccc2)c2cc(Cl)ccc21. The fourth-order valence-electron chi connectivity index (χ4n) is 3.42. The van der Waals surface area contributed by atoms with Gasteiger partial charge in [-0.25, -0.2) is 0 Å². The average Bonchev–Trinajstić information content (AvgIpc) is 3.24. The van der Waals surface area contributed by atoms with Crippen molar-refractivity contribution in [2.45, 2.75) is 32.1 Å². The number of benzene rings is 2. The Morgan fingerprint density at radius 1 is 1.04 bits per heavy atom. The number of amides is 1. The molecule has 0 atom stereocenters. The van der Waals surface area contributed by atoms with Crippen LogP contribution in [0.5, 0.6) is 0 Å². The van der Waals surface area contributed by atoms with Crippen molar-refractivity contribution in [1.82, 2.24) is 0 Å². The first-order chi connectivity index (χ1) is 13.6. The number of hydrogen-bond acceptors (Lipinski definition) is 3. The average molecular weight is 399 g/mol. The Morgan fingerprint density at radius 3 is 2.29 bits per heavy atom. The van der Waals surface area contributed by atoms with Crippen molar-refractivity contribution in [3.8, 4) is 0 Å². The maximum Gasteiger partial charge on any atom is 0.323 e. The first-order valence-corrected chi connectivity index (χ1v) is 9.86. The molecule has 2 aromatic carbocycles. The summed E-state index contributed by atoms with van der Waals surface area (Å²) in [6.45, 7) is -0.519. The third kappa shape index (κ3) is 4.98. The molecule has 0 aromatic heterocycles. The normalized spacial score (nSPS) is 15.8. The maximum atomic E-state index is 12.3. The van der Waals surface area contributed by atoms with Gasteiger partial charge in [-0.15, -0.1) is 0 Å². The molecule has 1 heterocycles. The van der Waals surface area contributed by atoms with Crippen molar-refractivity contribution in [2.75, 3.05) is 18.0 Å². The molecule has 0 unspecified atom stereocenters. The standard InChI is InChI=1S/C17H13ClN2O3.C5H10/c18-12-6-7-14-13(8-12)17(11-4-2-1-3-5-11)19-9-15(21)20(14)10-16(22)23;1-2-4-5-3-1/h1-8H,9-10H2,(H,22,23);1-5H2. The summed E-state index contributed by atoms with van der Waals surface area (Å²) in [5, 5.41) is 9.58. The second-order valence-electron chi connectivity index (χ2n) is 6.83. The second-order valence-corrected chi connectivity index (χ2v) is 7.27. The van der Waals surface area contributed by atoms with E-state index in [1.54, 1.807) is 18.2 Å². The Hall–Kier alpha value is -2.66. The number of carboxylic acids is 1. The van der Waals surface area contributed by atoms with Gasteiger partial charge in [-0.3, -0.25) is 19.5 Å². The number of nitrogens with zero attached hydrogens (tertiary/aromatic N) is 2. The summed E-state index contributed by atoms with van der Waals surface area (Å²) in [5.74, 6) is -1.44. The molecule has 0 bridgehead atoms. The van der Waals surface area contributed by atoms with Gasteiger partial charge in [0.2, 0.25) is 5.91 Å². The van der Waals surface area contributed by atoms with E-state index in [9.17, 15) is 9.59 Å². The number of benzodiazepines with no additional fused rings is 1. The number of aliphatic imine (C=N–C) groups is 1. The number of carbonyl (C=O) groups is 2. The lowest BCUT2D eigenvalue weighted by Crippen LogP contribution is -2.37. The molecule has 0 radical (unpaired) electrons. The molecule has 1 aliphatic heterocycles. The van der Waals surface area contributed by atoms with Gasteiger partial charge in [0.15, 0.2) is 0 Å². The van der Waals surface area contributed by atoms with Crippen LogP contribution in [0.1, 0.15) is 43.2 Å². The number of hydrogen-bond donors (Lipinski definition) is 1. The van der Waals surface area contributed by atoms with Gasteiger partial charge in [-0.05, 0) is 18.2 Å². The number of carbonyl (C=O) groups excluding carboxylic acids is 1. The summed E-state index contributed by atoms with van der Waals surface area (Å²) in [6, 6.07) is 14.4. The molecule has 1 fully saturated rings. The second kappa shape index (κ2) is 9.51. The van der Waals surface area contributed by atoms with Crippen LogP contribution in [-0.2, 0) is 9.59 Å². The summed E-state index contributed by atoms with van der Waals surface area (Å²) in [5.41, 5.74) is 2.63. The molecule has 28 heavy (non-hydrogen) atoms. The molecule has 1 aliphatic carbocycles. The molecule has 6 heteroatoms. The predicted molar refractivity (Wildman–Crippen MR) is 111 cm³/mol. The lowest BCUT2D eigenvalue weighted by atomic mass is 10.0. The molecule has 1 amide bonds. The summed E-state index contributed by atoms with van der Waals surface area (Å²) >= 11 is 6.10. The molecule has 1 N–H and O–H groups in total. The van der Waals surface area contributed by atoms with E-state index in [0.717, 1.165) is 5.56 Å². The van der Waals surface area contributed by atoms with E-state index in [0.29, 0.717) is 22.0 Å². The summed E-state index contributed by atoms with van der Waals surface area (Å²) in [6.07, 6.45) is 7.50. The molecule has 5 nitrogen and oxygen atoms in total. The topological polar surface area (TPSA) is 70.0 Å². The van der Waals surface area contributed by atoms with Crippen molar-refractivity contribution in [3.05, 3.63) is 64.7 Å². The number of rotatable bonds is 3. The first-order valence-electron chi connectivity index (χ1n) is 9.48. The summed E-state index contributed by atoms with van der Waals surface area (Å²) < 4.78 is 0. The van der Waals surface area contributed by atoms with E-state index in [1.165, 1.54) is 37.0 Å². The zero-order chi connectivity index (χ0) is 19.9. The Kier molecular flexibility index (Phi) is 6.82. The fourth-order valence-corrected chi connectivity index (χ4v) is 3.59. The largest absolute Gasteiger partial charge is 0.480 e. The summed E-state index contributed by atoms with van der Waals surface area (Å²) in [7, 11) is 0. The zero-order valence-electron chi connectivity index (χ0n) is 15.6. The van der Waals surface area contributed by atoms with Crippen LogP contribution in [-0.4, -0.2) is 35.8 Å². The highest BCUT2D eigenvalue weighted by molar-refractivity contribution is 6.32. The maximum absolute atomic E-state index is 12.3. The van der Waals surface area contributed by atoms with E-state index < -0.39 is 12.5 Å². The lowest BCUT2D eigenvalue weighted by Gasteiger charge is -2.21. The first kappa shape index (κ1) is 20.1. The van der Waals surface area contributed by atoms with Gasteiger partial charge < -0.3 is 5.11 Å². The highest BCUT2D eigenvalue weighted by atomic mass is 35.5. The minimum atomic E-state index is -1.08. The number of carboxylic acid groups (broad SMARTS) is 1. The van der Waals surface area contributed by atoms with Crippen LogP contribution in [0.2, 0.25) is 5.02 Å². The van der Waals surface area contributed by atoms with Gasteiger partial charge >= 0.3 is 5.97 Å². The molecule has 2 aliphatic rings. The predicted octanol–water partition coefficient (Wildman–Crippen LogP) is 4.56. The minimum absolute atomic E-state index is 0.107. The van der Waals surface area contributed by atoms with Crippen molar-refractivity contribution in [3.63, 3.8) is 0 Å². The molecule has 1 saturated carbocycles. The molecular formula is C22H23ClN2O3. The third-order valence-electron chi connectivity index (χ3n) is 4.77. The van der Waals surface area contributed by atoms with E-state index in [4.69, 9.17) is 16.7 Å². The van der Waals surface area contributed by atoms with Gasteiger partial charge in [0.25, 0.3) is 0 Å². The highest BCUT2D eigenvalue weighted by Gasteiger charge is 2.26. The van der Waals surface area contributed by atoms with Crippen LogP contribution >= 0.6 is 11.6 Å². The monoisotopic (exact) mass is 398 g/mol. The van der Waals surface area contributed by atoms with Crippen LogP contribution in [0.25, 0.3) is 0 Å². The fraction of sp³-hybridized carbons (Fsp3) is 0.318. The molecule has 0 spiro atoms. The van der Waals surface area contributed by atoms with E-state index >= 15 is 0 Å². The molecule has 0 saturated heterocycles. The molecule has 2 aromatic rings. The molecular weight excluding hydrogens is 376 g/mol. The Balaban J connectivity index is 0.000000391. The van der Waals surface area contributed by atoms with Crippen LogP contribution in [0, 0.1) is 0 Å². The van der Waals surface area contributed by atoms with Crippen molar-refractivity contribution in [1.29, 1.82) is 0 Å². The Labute approximate surface area is 169 Å². The highest BCUT2D eigenvalue weighted by Crippen LogP contribution is 2.29. The van der Waals surface area contributed by atoms with Crippen LogP contribution in [0.15, 0.2) is 53.5 Å². The number of fused-ring (bicyclic) bond motifs is 1. The summed E-state index contributed by atoms with van der Waals surface area (Å²) in [4.78, 5) is 29.0. The van der Waals surface area contributed by atoms with Gasteiger partial charge in [-0.2, -0.15) is 0 Å². The van der Waals surface area contributed by atoms with Gasteiger partial charge in [0.1, 0.15) is 13.1 Å². The minimum Gasteiger partial charge on any atom is -0.480 e. The molecule has 146 valence electrons. The van der Waals surface area contributed by atoms with E-state index in [-0.39, 0.29) is 12.5 Å². The number of aliphatic carboxylic acids is 1. The van der Waals surface area contributed by atoms with E-state index in [2.05, 4.69) is 4.99 Å². The Morgan fingerprint density at radius 2 is 1.68 bits per heavy atom. The van der Waals surface area contributed by atoms with Gasteiger partial charge in [0, 0.05) is 16.1 Å². The van der Waals surface area contributed by atoms with E-state index in [1.807, 2.05) is 30.3 Å². The number of anilines is 1. The van der Waals surface area contributed by atoms with Gasteiger partial charge in [0.05, 0.1) is 11.4 Å². The zero-order valence-corrected chi connectivity index (χ0v) is 16.4. The van der Waals surface area contributed by atoms with Crippen LogP contribution < -0.4 is 4.90 Å².